The van der Waals surface area contributed by atoms with Gasteiger partial charge in [0.15, 0.2) is 0 Å². The molecule has 0 aliphatic carbocycles. The molecule has 0 spiro atoms. The lowest BCUT2D eigenvalue weighted by Crippen LogP contribution is -1.82. The second-order valence-corrected chi connectivity index (χ2v) is 3.78. The molecular formula is C7H13ClOS. The third-order valence-electron chi connectivity index (χ3n) is 1.21. The monoisotopic (exact) mass is 180 g/mol. The number of hydrogen-bond acceptors (Lipinski definition) is 2. The molecule has 0 bridgehead atoms. The zero-order chi connectivity index (χ0) is 7.82. The molecule has 0 aromatic rings. The predicted octanol–water partition coefficient (Wildman–Crippen LogP) is 3.66. The van der Waals surface area contributed by atoms with Crippen LogP contribution in [0.15, 0.2) is 0 Å². The van der Waals surface area contributed by atoms with E-state index in [0.29, 0.717) is 0 Å². The molecule has 3 heteroatoms. The Morgan fingerprint density at radius 1 is 1.40 bits per heavy atom. The van der Waals surface area contributed by atoms with E-state index in [1.807, 2.05) is 0 Å². The third-order valence-corrected chi connectivity index (χ3v) is 2.26. The zero-order valence-electron chi connectivity index (χ0n) is 6.23. The fourth-order valence-corrected chi connectivity index (χ4v) is 1.42. The van der Waals surface area contributed by atoms with Gasteiger partial charge in [-0.25, -0.2) is 0 Å². The predicted molar refractivity (Wildman–Crippen MR) is 47.8 cm³/mol. The van der Waals surface area contributed by atoms with Gasteiger partial charge in [0.25, 0.3) is 4.57 Å². The summed E-state index contributed by atoms with van der Waals surface area (Å²) >= 11 is 6.32. The maximum Gasteiger partial charge on any atom is 0.279 e. The Hall–Kier alpha value is 0.310. The molecule has 0 aliphatic heterocycles. The average molecular weight is 181 g/mol. The Morgan fingerprint density at radius 3 is 2.60 bits per heavy atom. The van der Waals surface area contributed by atoms with Gasteiger partial charge < -0.3 is 0 Å². The molecule has 0 aromatic heterocycles. The van der Waals surface area contributed by atoms with Gasteiger partial charge >= 0.3 is 0 Å². The van der Waals surface area contributed by atoms with E-state index in [9.17, 15) is 4.79 Å². The molecule has 0 amide bonds. The van der Waals surface area contributed by atoms with Gasteiger partial charge in [-0.2, -0.15) is 0 Å². The van der Waals surface area contributed by atoms with Crippen molar-refractivity contribution in [2.24, 2.45) is 0 Å². The van der Waals surface area contributed by atoms with Crippen molar-refractivity contribution in [2.75, 3.05) is 5.75 Å². The number of carbonyl (C=O) groups is 1. The van der Waals surface area contributed by atoms with Crippen LogP contribution in [-0.4, -0.2) is 10.3 Å². The lowest BCUT2D eigenvalue weighted by atomic mass is 10.2. The summed E-state index contributed by atoms with van der Waals surface area (Å²) in [5.74, 6) is 0.877. The quantitative estimate of drug-likeness (QED) is 0.475. The molecule has 0 heterocycles. The Balaban J connectivity index is 2.84. The Labute approximate surface area is 71.5 Å². The summed E-state index contributed by atoms with van der Waals surface area (Å²) in [7, 11) is 0. The first kappa shape index (κ1) is 10.3. The average Bonchev–Trinajstić information content (AvgIpc) is 1.87. The summed E-state index contributed by atoms with van der Waals surface area (Å²) in [6.07, 6.45) is 4.82. The highest BCUT2D eigenvalue weighted by molar-refractivity contribution is 8.16. The second-order valence-electron chi connectivity index (χ2n) is 2.15. The molecule has 0 saturated carbocycles. The van der Waals surface area contributed by atoms with Crippen LogP contribution in [-0.2, 0) is 0 Å². The van der Waals surface area contributed by atoms with Crippen LogP contribution in [0.25, 0.3) is 0 Å². The van der Waals surface area contributed by atoms with Crippen molar-refractivity contribution in [3.05, 3.63) is 0 Å². The van der Waals surface area contributed by atoms with E-state index < -0.39 is 0 Å². The van der Waals surface area contributed by atoms with E-state index in [1.165, 1.54) is 31.0 Å². The minimum absolute atomic E-state index is 0.281. The van der Waals surface area contributed by atoms with Crippen molar-refractivity contribution in [1.29, 1.82) is 0 Å². The number of unbranched alkanes of at least 4 members (excludes halogenated alkanes) is 3. The van der Waals surface area contributed by atoms with Crippen molar-refractivity contribution < 1.29 is 4.79 Å². The number of halogens is 1. The van der Waals surface area contributed by atoms with Gasteiger partial charge in [0.05, 0.1) is 0 Å². The summed E-state index contributed by atoms with van der Waals surface area (Å²) in [4.78, 5) is 10.2. The number of rotatable bonds is 5. The molecule has 0 fully saturated rings. The van der Waals surface area contributed by atoms with Crippen LogP contribution in [0.2, 0.25) is 0 Å². The Kier molecular flexibility index (Phi) is 7.65. The second kappa shape index (κ2) is 7.42. The van der Waals surface area contributed by atoms with E-state index in [-0.39, 0.29) is 4.57 Å². The molecule has 10 heavy (non-hydrogen) atoms. The Bertz CT molecular complexity index is 95.6. The number of hydrogen-bond donors (Lipinski definition) is 0. The van der Waals surface area contributed by atoms with E-state index >= 15 is 0 Å². The van der Waals surface area contributed by atoms with Gasteiger partial charge in [-0.05, 0) is 18.0 Å². The largest absolute Gasteiger partial charge is 0.279 e. The number of carbonyl (C=O) groups excluding carboxylic acids is 1. The van der Waals surface area contributed by atoms with Crippen molar-refractivity contribution in [3.63, 3.8) is 0 Å². The fraction of sp³-hybridized carbons (Fsp3) is 0.857. The smallest absolute Gasteiger partial charge is 0.268 e. The Morgan fingerprint density at radius 2 is 2.10 bits per heavy atom. The van der Waals surface area contributed by atoms with Crippen LogP contribution in [0, 0.1) is 0 Å². The van der Waals surface area contributed by atoms with Crippen LogP contribution >= 0.6 is 23.4 Å². The van der Waals surface area contributed by atoms with Gasteiger partial charge in [-0.1, -0.05) is 37.9 Å². The SMILES string of the molecule is CCCCCCSC(=O)Cl. The lowest BCUT2D eigenvalue weighted by Gasteiger charge is -1.94. The van der Waals surface area contributed by atoms with Crippen LogP contribution in [0.4, 0.5) is 4.79 Å². The van der Waals surface area contributed by atoms with Crippen molar-refractivity contribution in [2.45, 2.75) is 32.6 Å². The molecule has 0 radical (unpaired) electrons. The first-order chi connectivity index (χ1) is 4.77. The summed E-state index contributed by atoms with van der Waals surface area (Å²) in [5, 5.41) is 0. The van der Waals surface area contributed by atoms with Crippen LogP contribution in [0.5, 0.6) is 0 Å². The van der Waals surface area contributed by atoms with E-state index in [0.717, 1.165) is 12.2 Å². The fourth-order valence-electron chi connectivity index (χ4n) is 0.681. The number of thioether (sulfide) groups is 1. The van der Waals surface area contributed by atoms with Crippen molar-refractivity contribution in [1.82, 2.24) is 0 Å². The highest BCUT2D eigenvalue weighted by atomic mass is 35.5. The molecule has 60 valence electrons. The highest BCUT2D eigenvalue weighted by Crippen LogP contribution is 2.11. The molecule has 0 aliphatic rings. The van der Waals surface area contributed by atoms with Crippen molar-refractivity contribution in [3.8, 4) is 0 Å². The summed E-state index contributed by atoms with van der Waals surface area (Å²) < 4.78 is -0.281. The van der Waals surface area contributed by atoms with Crippen LogP contribution in [0.3, 0.4) is 0 Å². The first-order valence-corrected chi connectivity index (χ1v) is 4.96. The minimum Gasteiger partial charge on any atom is -0.268 e. The normalized spacial score (nSPS) is 9.80. The molecule has 0 rings (SSSR count). The minimum atomic E-state index is -0.281. The zero-order valence-corrected chi connectivity index (χ0v) is 7.80. The standard InChI is InChI=1S/C7H13ClOS/c1-2-3-4-5-6-10-7(8)9/h2-6H2,1H3. The van der Waals surface area contributed by atoms with Gasteiger partial charge in [0.1, 0.15) is 0 Å². The molecule has 1 nitrogen and oxygen atoms in total. The summed E-state index contributed by atoms with van der Waals surface area (Å²) in [5.41, 5.74) is 0. The molecule has 0 saturated heterocycles. The molecule has 0 N–H and O–H groups in total. The summed E-state index contributed by atoms with van der Waals surface area (Å²) in [6.45, 7) is 2.17. The lowest BCUT2D eigenvalue weighted by molar-refractivity contribution is 0.276. The van der Waals surface area contributed by atoms with Gasteiger partial charge in [-0.3, -0.25) is 4.79 Å². The van der Waals surface area contributed by atoms with E-state index in [2.05, 4.69) is 6.92 Å². The van der Waals surface area contributed by atoms with E-state index in [1.54, 1.807) is 0 Å². The summed E-state index contributed by atoms with van der Waals surface area (Å²) in [6, 6.07) is 0. The van der Waals surface area contributed by atoms with Crippen LogP contribution < -0.4 is 0 Å². The molecule has 0 unspecified atom stereocenters. The van der Waals surface area contributed by atoms with Gasteiger partial charge in [0, 0.05) is 5.75 Å². The topological polar surface area (TPSA) is 17.1 Å². The van der Waals surface area contributed by atoms with Gasteiger partial charge in [-0.15, -0.1) is 0 Å². The van der Waals surface area contributed by atoms with E-state index in [4.69, 9.17) is 11.6 Å². The maximum absolute atomic E-state index is 10.2. The van der Waals surface area contributed by atoms with Crippen molar-refractivity contribution >= 4 is 27.9 Å². The molecule has 0 aromatic carbocycles. The molecule has 0 atom stereocenters. The first-order valence-electron chi connectivity index (χ1n) is 3.59. The third kappa shape index (κ3) is 8.31. The maximum atomic E-state index is 10.2. The van der Waals surface area contributed by atoms with Gasteiger partial charge in [0.2, 0.25) is 0 Å². The van der Waals surface area contributed by atoms with Crippen LogP contribution in [0.1, 0.15) is 32.6 Å². The highest BCUT2D eigenvalue weighted by Gasteiger charge is 1.94. The molecular weight excluding hydrogens is 168 g/mol.